The summed E-state index contributed by atoms with van der Waals surface area (Å²) in [6.07, 6.45) is 4.66. The minimum atomic E-state index is 0.980. The van der Waals surface area contributed by atoms with Crippen LogP contribution in [0.4, 0.5) is 0 Å². The van der Waals surface area contributed by atoms with Crippen molar-refractivity contribution >= 4 is 6.34 Å². The zero-order valence-electron chi connectivity index (χ0n) is 6.96. The number of nitrogens with zero attached hydrogens (tertiary/aromatic N) is 2. The number of hydrazone groups is 1. The Hall–Kier alpha value is -1.19. The molecule has 0 saturated heterocycles. The molecule has 62 valence electrons. The van der Waals surface area contributed by atoms with Gasteiger partial charge >= 0.3 is 0 Å². The number of nitrogens with one attached hydrogen (secondary N) is 2. The highest BCUT2D eigenvalue weighted by molar-refractivity contribution is 5.56. The maximum absolute atomic E-state index is 4.03. The Bertz CT molecular complexity index is 173. The van der Waals surface area contributed by atoms with E-state index in [9.17, 15) is 0 Å². The van der Waals surface area contributed by atoms with Gasteiger partial charge < -0.3 is 10.6 Å². The Kier molecular flexibility index (Phi) is 2.77. The lowest BCUT2D eigenvalue weighted by Crippen LogP contribution is -2.31. The fraction of sp³-hybridized carbons (Fsp3) is 0.571. The molecule has 0 aromatic carbocycles. The molecule has 0 unspecified atom stereocenters. The van der Waals surface area contributed by atoms with Gasteiger partial charge in [0.2, 0.25) is 0 Å². The minimum Gasteiger partial charge on any atom is -0.369 e. The average molecular weight is 154 g/mol. The second kappa shape index (κ2) is 3.85. The zero-order chi connectivity index (χ0) is 8.10. The van der Waals surface area contributed by atoms with E-state index < -0.39 is 0 Å². The fourth-order valence-corrected chi connectivity index (χ4v) is 0.810. The Balaban J connectivity index is 2.37. The predicted octanol–water partition coefficient (Wildman–Crippen LogP) is 0.263. The fourth-order valence-electron chi connectivity index (χ4n) is 0.810. The van der Waals surface area contributed by atoms with Crippen LogP contribution in [0.3, 0.4) is 0 Å². The molecule has 0 amide bonds. The smallest absolute Gasteiger partial charge is 0.138 e. The quantitative estimate of drug-likeness (QED) is 0.612. The van der Waals surface area contributed by atoms with Crippen LogP contribution < -0.4 is 10.6 Å². The zero-order valence-corrected chi connectivity index (χ0v) is 6.96. The van der Waals surface area contributed by atoms with Crippen molar-refractivity contribution in [1.29, 1.82) is 0 Å². The van der Waals surface area contributed by atoms with Crippen LogP contribution in [-0.2, 0) is 0 Å². The molecule has 1 aliphatic heterocycles. The third-order valence-corrected chi connectivity index (χ3v) is 1.43. The third-order valence-electron chi connectivity index (χ3n) is 1.43. The van der Waals surface area contributed by atoms with Crippen LogP contribution in [0.5, 0.6) is 0 Å². The van der Waals surface area contributed by atoms with Crippen molar-refractivity contribution in [3.63, 3.8) is 0 Å². The lowest BCUT2D eigenvalue weighted by molar-refractivity contribution is 0.397. The molecule has 0 radical (unpaired) electrons. The summed E-state index contributed by atoms with van der Waals surface area (Å²) in [6, 6.07) is 0. The minimum absolute atomic E-state index is 0.980. The normalized spacial score (nSPS) is 15.8. The van der Waals surface area contributed by atoms with E-state index in [0.29, 0.717) is 0 Å². The maximum atomic E-state index is 4.03. The molecule has 0 aliphatic carbocycles. The van der Waals surface area contributed by atoms with Crippen LogP contribution in [0, 0.1) is 0 Å². The Labute approximate surface area is 67.0 Å². The molecule has 1 heterocycles. The van der Waals surface area contributed by atoms with Crippen molar-refractivity contribution in [1.82, 2.24) is 15.6 Å². The molecular weight excluding hydrogens is 140 g/mol. The maximum Gasteiger partial charge on any atom is 0.138 e. The third kappa shape index (κ3) is 2.14. The number of hydrogen-bond acceptors (Lipinski definition) is 4. The molecule has 1 aliphatic rings. The molecule has 0 aromatic rings. The monoisotopic (exact) mass is 154 g/mol. The van der Waals surface area contributed by atoms with E-state index in [1.54, 1.807) is 11.3 Å². The van der Waals surface area contributed by atoms with Crippen LogP contribution in [-0.4, -0.2) is 24.9 Å². The van der Waals surface area contributed by atoms with Crippen LogP contribution in [0.25, 0.3) is 0 Å². The van der Waals surface area contributed by atoms with E-state index in [2.05, 4.69) is 22.7 Å². The van der Waals surface area contributed by atoms with E-state index >= 15 is 0 Å². The molecule has 11 heavy (non-hydrogen) atoms. The number of hydrogen-bond donors (Lipinski definition) is 2. The molecule has 0 saturated carbocycles. The van der Waals surface area contributed by atoms with Gasteiger partial charge in [0.1, 0.15) is 12.2 Å². The van der Waals surface area contributed by atoms with Gasteiger partial charge in [0.25, 0.3) is 0 Å². The Morgan fingerprint density at radius 1 is 1.73 bits per heavy atom. The second-order valence-corrected chi connectivity index (χ2v) is 2.39. The van der Waals surface area contributed by atoms with Crippen LogP contribution in [0.2, 0.25) is 0 Å². The summed E-state index contributed by atoms with van der Waals surface area (Å²) in [7, 11) is 1.91. The molecule has 0 aromatic heterocycles. The largest absolute Gasteiger partial charge is 0.369 e. The van der Waals surface area contributed by atoms with Crippen LogP contribution in [0.1, 0.15) is 13.3 Å². The first kappa shape index (κ1) is 7.91. The summed E-state index contributed by atoms with van der Waals surface area (Å²) >= 11 is 0. The second-order valence-electron chi connectivity index (χ2n) is 2.39. The van der Waals surface area contributed by atoms with Gasteiger partial charge in [0, 0.05) is 19.8 Å². The highest BCUT2D eigenvalue weighted by atomic mass is 15.5. The average Bonchev–Trinajstić information content (AvgIpc) is 2.03. The summed E-state index contributed by atoms with van der Waals surface area (Å²) in [5.41, 5.74) is 0. The Morgan fingerprint density at radius 3 is 3.18 bits per heavy atom. The van der Waals surface area contributed by atoms with Gasteiger partial charge in [0.05, 0.1) is 0 Å². The first-order chi connectivity index (χ1) is 5.34. The van der Waals surface area contributed by atoms with Crippen LogP contribution in [0.15, 0.2) is 17.1 Å². The van der Waals surface area contributed by atoms with Crippen molar-refractivity contribution in [3.05, 3.63) is 12.0 Å². The Morgan fingerprint density at radius 2 is 2.55 bits per heavy atom. The molecule has 4 heteroatoms. The summed E-state index contributed by atoms with van der Waals surface area (Å²) in [5.74, 6) is 1.01. The van der Waals surface area contributed by atoms with Crippen molar-refractivity contribution in [2.24, 2.45) is 5.10 Å². The van der Waals surface area contributed by atoms with Gasteiger partial charge in [-0.15, -0.1) is 0 Å². The lowest BCUT2D eigenvalue weighted by Gasteiger charge is -2.20. The number of rotatable bonds is 3. The highest BCUT2D eigenvalue weighted by Gasteiger charge is 2.02. The molecule has 0 fully saturated rings. The SMILES string of the molecule is CCCNC1=CNC=NN1C. The summed E-state index contributed by atoms with van der Waals surface area (Å²) in [5, 5.41) is 12.0. The van der Waals surface area contributed by atoms with Gasteiger partial charge in [0.15, 0.2) is 0 Å². The van der Waals surface area contributed by atoms with Crippen LogP contribution >= 0.6 is 0 Å². The van der Waals surface area contributed by atoms with Gasteiger partial charge in [-0.1, -0.05) is 6.92 Å². The predicted molar refractivity (Wildman–Crippen MR) is 45.8 cm³/mol. The van der Waals surface area contributed by atoms with Crippen molar-refractivity contribution < 1.29 is 0 Å². The topological polar surface area (TPSA) is 39.7 Å². The molecular formula is C7H14N4. The summed E-state index contributed by atoms with van der Waals surface area (Å²) in [6.45, 7) is 3.11. The standard InChI is InChI=1S/C7H14N4/c1-3-4-9-7-5-8-6-10-11(7)2/h5-6,9H,3-4H2,1-2H3,(H,8,10). The van der Waals surface area contributed by atoms with Gasteiger partial charge in [-0.25, -0.2) is 0 Å². The van der Waals surface area contributed by atoms with E-state index in [1.807, 2.05) is 13.2 Å². The van der Waals surface area contributed by atoms with Gasteiger partial charge in [-0.05, 0) is 6.42 Å². The molecule has 2 N–H and O–H groups in total. The van der Waals surface area contributed by atoms with E-state index in [-0.39, 0.29) is 0 Å². The molecule has 4 nitrogen and oxygen atoms in total. The van der Waals surface area contributed by atoms with Gasteiger partial charge in [-0.2, -0.15) is 5.10 Å². The molecule has 0 atom stereocenters. The van der Waals surface area contributed by atoms with E-state index in [4.69, 9.17) is 0 Å². The lowest BCUT2D eigenvalue weighted by atomic mass is 10.5. The highest BCUT2D eigenvalue weighted by Crippen LogP contribution is 1.98. The summed E-state index contributed by atoms with van der Waals surface area (Å²) < 4.78 is 0. The molecule has 0 spiro atoms. The first-order valence-corrected chi connectivity index (χ1v) is 3.81. The molecule has 1 rings (SSSR count). The summed E-state index contributed by atoms with van der Waals surface area (Å²) in [4.78, 5) is 0. The van der Waals surface area contributed by atoms with Gasteiger partial charge in [-0.3, -0.25) is 5.01 Å². The van der Waals surface area contributed by atoms with Crippen molar-refractivity contribution in [2.45, 2.75) is 13.3 Å². The molecule has 0 bridgehead atoms. The van der Waals surface area contributed by atoms with Crippen molar-refractivity contribution in [2.75, 3.05) is 13.6 Å². The van der Waals surface area contributed by atoms with E-state index in [0.717, 1.165) is 18.8 Å². The first-order valence-electron chi connectivity index (χ1n) is 3.81. The van der Waals surface area contributed by atoms with Crippen molar-refractivity contribution in [3.8, 4) is 0 Å². The van der Waals surface area contributed by atoms with E-state index in [1.165, 1.54) is 0 Å².